The number of carbonyl (C=O) groups is 2. The van der Waals surface area contributed by atoms with E-state index in [0.29, 0.717) is 26.2 Å². The number of aryl methyl sites for hydroxylation is 1. The predicted molar refractivity (Wildman–Crippen MR) is 136 cm³/mol. The molecule has 1 saturated heterocycles. The van der Waals surface area contributed by atoms with E-state index in [4.69, 9.17) is 14.6 Å². The van der Waals surface area contributed by atoms with Gasteiger partial charge >= 0.3 is 0 Å². The number of rotatable bonds is 9. The van der Waals surface area contributed by atoms with E-state index in [9.17, 15) is 9.59 Å². The fraction of sp³-hybridized carbons (Fsp3) is 0.519. The van der Waals surface area contributed by atoms with Gasteiger partial charge in [0.15, 0.2) is 0 Å². The second kappa shape index (κ2) is 10.8. The highest BCUT2D eigenvalue weighted by Crippen LogP contribution is 2.35. The molecule has 3 heterocycles. The zero-order chi connectivity index (χ0) is 25.1. The minimum atomic E-state index is -0.231. The molecule has 0 N–H and O–H groups in total. The summed E-state index contributed by atoms with van der Waals surface area (Å²) in [5.74, 6) is 0.753. The summed E-state index contributed by atoms with van der Waals surface area (Å²) in [6.07, 6.45) is 4.41. The van der Waals surface area contributed by atoms with Gasteiger partial charge in [-0.3, -0.25) is 14.5 Å². The first-order valence-electron chi connectivity index (χ1n) is 12.8. The lowest BCUT2D eigenvalue weighted by molar-refractivity contribution is -0.142. The first kappa shape index (κ1) is 24.5. The number of nitrogens with zero attached hydrogens (tertiary/aromatic N) is 5. The lowest BCUT2D eigenvalue weighted by atomic mass is 10.0. The summed E-state index contributed by atoms with van der Waals surface area (Å²) in [5, 5.41) is 6.39. The maximum Gasteiger partial charge on any atom is 0.262 e. The van der Waals surface area contributed by atoms with E-state index in [1.807, 2.05) is 54.2 Å². The molecule has 2 fully saturated rings. The Hall–Kier alpha value is -3.17. The molecule has 0 bridgehead atoms. The van der Waals surface area contributed by atoms with Crippen LogP contribution in [0.5, 0.6) is 5.75 Å². The molecular formula is C27H35N5O4. The number of amides is 2. The van der Waals surface area contributed by atoms with Crippen LogP contribution in [0.1, 0.15) is 36.6 Å². The summed E-state index contributed by atoms with van der Waals surface area (Å²) < 4.78 is 12.8. The van der Waals surface area contributed by atoms with Crippen molar-refractivity contribution in [2.24, 2.45) is 18.1 Å². The van der Waals surface area contributed by atoms with Crippen LogP contribution in [-0.2, 0) is 21.4 Å². The minimum Gasteiger partial charge on any atom is -0.497 e. The van der Waals surface area contributed by atoms with Crippen molar-refractivity contribution >= 4 is 17.5 Å². The number of hydrogen-bond donors (Lipinski definition) is 0. The monoisotopic (exact) mass is 493 g/mol. The van der Waals surface area contributed by atoms with Crippen molar-refractivity contribution in [2.75, 3.05) is 53.0 Å². The fourth-order valence-corrected chi connectivity index (χ4v) is 4.92. The largest absolute Gasteiger partial charge is 0.497 e. The Bertz CT molecular complexity index is 1100. The fourth-order valence-electron chi connectivity index (χ4n) is 4.92. The number of hydrazone groups is 1. The number of benzene rings is 1. The molecule has 1 aromatic carbocycles. The molecule has 2 aliphatic heterocycles. The molecule has 9 nitrogen and oxygen atoms in total. The van der Waals surface area contributed by atoms with Crippen LogP contribution in [0, 0.1) is 5.92 Å². The average molecular weight is 494 g/mol. The Kier molecular flexibility index (Phi) is 7.38. The number of methoxy groups -OCH3 is 1. The van der Waals surface area contributed by atoms with E-state index in [0.717, 1.165) is 55.2 Å². The molecule has 36 heavy (non-hydrogen) atoms. The SMILES string of the molecule is COc1ccc([C@@H]2CC(c3cccn3C)=NN2C(=O)CN(CCN2CCOCC2)C(=O)C2CC2)cc1. The van der Waals surface area contributed by atoms with Crippen molar-refractivity contribution in [3.63, 3.8) is 0 Å². The Labute approximate surface area is 212 Å². The molecule has 2 aromatic rings. The molecule has 1 aromatic heterocycles. The van der Waals surface area contributed by atoms with E-state index in [1.54, 1.807) is 17.0 Å². The van der Waals surface area contributed by atoms with Crippen LogP contribution in [0.4, 0.5) is 0 Å². The van der Waals surface area contributed by atoms with Gasteiger partial charge in [-0.05, 0) is 42.7 Å². The summed E-state index contributed by atoms with van der Waals surface area (Å²) in [7, 11) is 3.62. The van der Waals surface area contributed by atoms with E-state index in [1.165, 1.54) is 0 Å². The molecule has 3 aliphatic rings. The lowest BCUT2D eigenvalue weighted by Gasteiger charge is -2.31. The summed E-state index contributed by atoms with van der Waals surface area (Å²) in [5.41, 5.74) is 2.84. The number of carbonyl (C=O) groups excluding carboxylic acids is 2. The number of ether oxygens (including phenoxy) is 2. The number of morpholine rings is 1. The Balaban J connectivity index is 1.35. The predicted octanol–water partition coefficient (Wildman–Crippen LogP) is 2.28. The van der Waals surface area contributed by atoms with Crippen LogP contribution >= 0.6 is 0 Å². The highest BCUT2D eigenvalue weighted by Gasteiger charge is 2.38. The third-order valence-corrected chi connectivity index (χ3v) is 7.26. The average Bonchev–Trinajstić information content (AvgIpc) is 3.53. The van der Waals surface area contributed by atoms with Crippen LogP contribution < -0.4 is 4.74 Å². The normalized spacial score (nSPS) is 20.3. The standard InChI is InChI=1S/C27H35N5O4/c1-29-11-3-4-24(29)23-18-25(20-7-9-22(35-2)10-8-20)32(28-23)26(33)19-31(27(34)21-5-6-21)13-12-30-14-16-36-17-15-30/h3-4,7-11,21,25H,5-6,12-19H2,1-2H3/t25-/m0/s1. The third-order valence-electron chi connectivity index (χ3n) is 7.26. The van der Waals surface area contributed by atoms with E-state index >= 15 is 0 Å². The van der Waals surface area contributed by atoms with E-state index in [-0.39, 0.29) is 30.3 Å². The molecular weight excluding hydrogens is 458 g/mol. The Morgan fingerprint density at radius 2 is 1.89 bits per heavy atom. The van der Waals surface area contributed by atoms with Gasteiger partial charge in [-0.2, -0.15) is 5.10 Å². The zero-order valence-electron chi connectivity index (χ0n) is 21.1. The third kappa shape index (κ3) is 5.47. The molecule has 1 saturated carbocycles. The van der Waals surface area contributed by atoms with Gasteiger partial charge in [-0.25, -0.2) is 5.01 Å². The highest BCUT2D eigenvalue weighted by atomic mass is 16.5. The van der Waals surface area contributed by atoms with Gasteiger partial charge in [0.1, 0.15) is 12.3 Å². The quantitative estimate of drug-likeness (QED) is 0.536. The number of aromatic nitrogens is 1. The Morgan fingerprint density at radius 3 is 2.53 bits per heavy atom. The first-order chi connectivity index (χ1) is 17.5. The molecule has 9 heteroatoms. The van der Waals surface area contributed by atoms with Gasteiger partial charge in [0, 0.05) is 51.8 Å². The molecule has 0 unspecified atom stereocenters. The van der Waals surface area contributed by atoms with Crippen LogP contribution in [0.25, 0.3) is 0 Å². The van der Waals surface area contributed by atoms with Crippen molar-refractivity contribution in [1.29, 1.82) is 0 Å². The maximum atomic E-state index is 13.7. The molecule has 1 atom stereocenters. The zero-order valence-corrected chi connectivity index (χ0v) is 21.1. The van der Waals surface area contributed by atoms with Crippen LogP contribution in [-0.4, -0.2) is 89.9 Å². The molecule has 192 valence electrons. The van der Waals surface area contributed by atoms with Gasteiger partial charge in [-0.15, -0.1) is 0 Å². The van der Waals surface area contributed by atoms with E-state index in [2.05, 4.69) is 4.90 Å². The second-order valence-electron chi connectivity index (χ2n) is 9.77. The first-order valence-corrected chi connectivity index (χ1v) is 12.8. The van der Waals surface area contributed by atoms with Gasteiger partial charge in [-0.1, -0.05) is 12.1 Å². The number of hydrogen-bond acceptors (Lipinski definition) is 6. The minimum absolute atomic E-state index is 0.0379. The van der Waals surface area contributed by atoms with Crippen molar-refractivity contribution < 1.29 is 19.1 Å². The molecule has 0 spiro atoms. The highest BCUT2D eigenvalue weighted by molar-refractivity contribution is 6.02. The second-order valence-corrected chi connectivity index (χ2v) is 9.77. The molecule has 5 rings (SSSR count). The van der Waals surface area contributed by atoms with Crippen molar-refractivity contribution in [3.05, 3.63) is 53.9 Å². The van der Waals surface area contributed by atoms with Crippen LogP contribution in [0.2, 0.25) is 0 Å². The van der Waals surface area contributed by atoms with E-state index < -0.39 is 0 Å². The topological polar surface area (TPSA) is 79.6 Å². The summed E-state index contributed by atoms with van der Waals surface area (Å²) in [6, 6.07) is 11.5. The molecule has 2 amide bonds. The van der Waals surface area contributed by atoms with Crippen molar-refractivity contribution in [1.82, 2.24) is 19.4 Å². The van der Waals surface area contributed by atoms with Crippen LogP contribution in [0.3, 0.4) is 0 Å². The van der Waals surface area contributed by atoms with Gasteiger partial charge < -0.3 is 18.9 Å². The summed E-state index contributed by atoms with van der Waals surface area (Å²) >= 11 is 0. The van der Waals surface area contributed by atoms with Crippen LogP contribution in [0.15, 0.2) is 47.7 Å². The molecule has 0 radical (unpaired) electrons. The lowest BCUT2D eigenvalue weighted by Crippen LogP contribution is -2.47. The maximum absolute atomic E-state index is 13.7. The van der Waals surface area contributed by atoms with Gasteiger partial charge in [0.2, 0.25) is 5.91 Å². The summed E-state index contributed by atoms with van der Waals surface area (Å²) in [4.78, 5) is 30.9. The molecule has 1 aliphatic carbocycles. The van der Waals surface area contributed by atoms with Gasteiger partial charge in [0.25, 0.3) is 5.91 Å². The van der Waals surface area contributed by atoms with Crippen molar-refractivity contribution in [3.8, 4) is 5.75 Å². The summed E-state index contributed by atoms with van der Waals surface area (Å²) in [6.45, 7) is 4.46. The Morgan fingerprint density at radius 1 is 1.14 bits per heavy atom. The smallest absolute Gasteiger partial charge is 0.262 e. The van der Waals surface area contributed by atoms with Gasteiger partial charge in [0.05, 0.1) is 37.8 Å². The van der Waals surface area contributed by atoms with Crippen molar-refractivity contribution in [2.45, 2.75) is 25.3 Å².